The van der Waals surface area contributed by atoms with Crippen LogP contribution in [-0.4, -0.2) is 56.0 Å². The second-order valence-electron chi connectivity index (χ2n) is 6.01. The van der Waals surface area contributed by atoms with Gasteiger partial charge in [-0.05, 0) is 41.5 Å². The summed E-state index contributed by atoms with van der Waals surface area (Å²) in [6.45, 7) is 0.967. The number of fused-ring (bicyclic) bond motifs is 2. The predicted molar refractivity (Wildman–Crippen MR) is 89.7 cm³/mol. The Morgan fingerprint density at radius 2 is 2.17 bits per heavy atom. The van der Waals surface area contributed by atoms with Gasteiger partial charge in [0.1, 0.15) is 5.25 Å². The lowest BCUT2D eigenvalue weighted by atomic mass is 10.0. The number of sulfone groups is 1. The van der Waals surface area contributed by atoms with E-state index in [9.17, 15) is 13.2 Å². The van der Waals surface area contributed by atoms with E-state index in [-0.39, 0.29) is 30.9 Å². The van der Waals surface area contributed by atoms with E-state index in [1.807, 2.05) is 29.6 Å². The van der Waals surface area contributed by atoms with Gasteiger partial charge in [-0.25, -0.2) is 8.42 Å². The number of hydrogen-bond acceptors (Lipinski definition) is 5. The number of ether oxygens (including phenoxy) is 1. The predicted octanol–water partition coefficient (Wildman–Crippen LogP) is 1.93. The fraction of sp³-hybridized carbons (Fsp3) is 0.438. The molecule has 5 nitrogen and oxygen atoms in total. The van der Waals surface area contributed by atoms with Crippen LogP contribution in [0, 0.1) is 0 Å². The molecular weight excluding hydrogens is 334 g/mol. The standard InChI is InChI=1S/C16H17NO4S2/c18-16(12-1-2-14-11(9-12)4-7-22-14)17-5-8-23(19,20)15-10-21-6-3-13(15)17/h1-2,4,7,9,13,15H,3,5-6,8,10H2. The van der Waals surface area contributed by atoms with E-state index in [1.165, 1.54) is 0 Å². The Morgan fingerprint density at radius 3 is 3.04 bits per heavy atom. The topological polar surface area (TPSA) is 63.7 Å². The molecule has 2 atom stereocenters. The SMILES string of the molecule is O=C(c1ccc2sccc2c1)N1CCS(=O)(=O)C2COCCC21. The summed E-state index contributed by atoms with van der Waals surface area (Å²) in [5.74, 6) is -0.0610. The number of hydrogen-bond donors (Lipinski definition) is 0. The maximum Gasteiger partial charge on any atom is 0.254 e. The zero-order chi connectivity index (χ0) is 16.0. The summed E-state index contributed by atoms with van der Waals surface area (Å²) in [5.41, 5.74) is 0.625. The Labute approximate surface area is 138 Å². The molecule has 0 saturated carbocycles. The van der Waals surface area contributed by atoms with Crippen molar-refractivity contribution in [2.75, 3.05) is 25.5 Å². The van der Waals surface area contributed by atoms with E-state index in [2.05, 4.69) is 0 Å². The van der Waals surface area contributed by atoms with Crippen LogP contribution in [-0.2, 0) is 14.6 Å². The molecule has 2 unspecified atom stereocenters. The number of amides is 1. The first kappa shape index (κ1) is 15.1. The highest BCUT2D eigenvalue weighted by molar-refractivity contribution is 7.92. The quantitative estimate of drug-likeness (QED) is 0.788. The van der Waals surface area contributed by atoms with Crippen molar-refractivity contribution < 1.29 is 17.9 Å². The number of thiophene rings is 1. The maximum absolute atomic E-state index is 12.9. The van der Waals surface area contributed by atoms with Gasteiger partial charge in [-0.3, -0.25) is 4.79 Å². The highest BCUT2D eigenvalue weighted by Gasteiger charge is 2.45. The minimum Gasteiger partial charge on any atom is -0.380 e. The van der Waals surface area contributed by atoms with Crippen molar-refractivity contribution in [2.24, 2.45) is 0 Å². The number of rotatable bonds is 1. The minimum atomic E-state index is -3.18. The van der Waals surface area contributed by atoms with Crippen molar-refractivity contribution in [2.45, 2.75) is 17.7 Å². The first-order valence-electron chi connectivity index (χ1n) is 7.64. The summed E-state index contributed by atoms with van der Waals surface area (Å²) in [4.78, 5) is 14.7. The van der Waals surface area contributed by atoms with Gasteiger partial charge in [0.05, 0.1) is 18.4 Å². The number of carbonyl (C=O) groups is 1. The second kappa shape index (κ2) is 5.58. The molecule has 1 aromatic carbocycles. The summed E-state index contributed by atoms with van der Waals surface area (Å²) in [6, 6.07) is 7.40. The van der Waals surface area contributed by atoms with Crippen LogP contribution in [0.4, 0.5) is 0 Å². The van der Waals surface area contributed by atoms with E-state index >= 15 is 0 Å². The third kappa shape index (κ3) is 2.56. The summed E-state index contributed by atoms with van der Waals surface area (Å²) in [5, 5.41) is 2.47. The van der Waals surface area contributed by atoms with Crippen LogP contribution in [0.3, 0.4) is 0 Å². The van der Waals surface area contributed by atoms with Crippen molar-refractivity contribution in [3.05, 3.63) is 35.2 Å². The molecule has 1 amide bonds. The van der Waals surface area contributed by atoms with Crippen LogP contribution in [0.5, 0.6) is 0 Å². The minimum absolute atomic E-state index is 0.0178. The number of benzene rings is 1. The highest BCUT2D eigenvalue weighted by atomic mass is 32.2. The zero-order valence-electron chi connectivity index (χ0n) is 12.5. The molecule has 122 valence electrons. The maximum atomic E-state index is 12.9. The van der Waals surface area contributed by atoms with Crippen LogP contribution in [0.2, 0.25) is 0 Å². The average Bonchev–Trinajstić information content (AvgIpc) is 3.02. The van der Waals surface area contributed by atoms with Crippen molar-refractivity contribution in [3.63, 3.8) is 0 Å². The van der Waals surface area contributed by atoms with Gasteiger partial charge in [0.25, 0.3) is 5.91 Å². The Balaban J connectivity index is 1.67. The van der Waals surface area contributed by atoms with Gasteiger partial charge in [0.15, 0.2) is 9.84 Å². The van der Waals surface area contributed by atoms with Crippen molar-refractivity contribution in [1.82, 2.24) is 4.90 Å². The molecule has 1 aromatic heterocycles. The molecule has 2 fully saturated rings. The van der Waals surface area contributed by atoms with Gasteiger partial charge in [-0.15, -0.1) is 11.3 Å². The molecule has 2 saturated heterocycles. The average molecular weight is 351 g/mol. The fourth-order valence-electron chi connectivity index (χ4n) is 3.46. The van der Waals surface area contributed by atoms with Gasteiger partial charge in [-0.2, -0.15) is 0 Å². The summed E-state index contributed by atoms with van der Waals surface area (Å²) in [6.07, 6.45) is 0.580. The molecule has 2 aliphatic rings. The van der Waals surface area contributed by atoms with Gasteiger partial charge < -0.3 is 9.64 Å². The third-order valence-electron chi connectivity index (χ3n) is 4.71. The van der Waals surface area contributed by atoms with Crippen molar-refractivity contribution >= 4 is 37.2 Å². The lowest BCUT2D eigenvalue weighted by Gasteiger charge is -2.43. The van der Waals surface area contributed by atoms with Crippen LogP contribution >= 0.6 is 11.3 Å². The van der Waals surface area contributed by atoms with Gasteiger partial charge in [0.2, 0.25) is 0 Å². The fourth-order valence-corrected chi connectivity index (χ4v) is 6.05. The van der Waals surface area contributed by atoms with E-state index in [0.29, 0.717) is 18.6 Å². The monoisotopic (exact) mass is 351 g/mol. The molecule has 0 N–H and O–H groups in total. The van der Waals surface area contributed by atoms with Gasteiger partial charge >= 0.3 is 0 Å². The van der Waals surface area contributed by atoms with Crippen LogP contribution in [0.15, 0.2) is 29.6 Å². The van der Waals surface area contributed by atoms with E-state index in [1.54, 1.807) is 16.2 Å². The Kier molecular flexibility index (Phi) is 3.66. The van der Waals surface area contributed by atoms with Crippen LogP contribution in [0.25, 0.3) is 10.1 Å². The molecule has 0 aliphatic carbocycles. The Bertz CT molecular complexity index is 858. The lowest BCUT2D eigenvalue weighted by Crippen LogP contribution is -2.60. The third-order valence-corrected chi connectivity index (χ3v) is 7.73. The largest absolute Gasteiger partial charge is 0.380 e. The molecule has 23 heavy (non-hydrogen) atoms. The normalized spacial score (nSPS) is 26.9. The molecule has 4 rings (SSSR count). The van der Waals surface area contributed by atoms with E-state index in [4.69, 9.17) is 4.74 Å². The number of nitrogens with zero attached hydrogens (tertiary/aromatic N) is 1. The lowest BCUT2D eigenvalue weighted by molar-refractivity contribution is 0.0294. The smallest absolute Gasteiger partial charge is 0.254 e. The summed E-state index contributed by atoms with van der Waals surface area (Å²) < 4.78 is 31.0. The molecule has 0 bridgehead atoms. The summed E-state index contributed by atoms with van der Waals surface area (Å²) >= 11 is 1.64. The van der Waals surface area contributed by atoms with Crippen molar-refractivity contribution in [3.8, 4) is 0 Å². The zero-order valence-corrected chi connectivity index (χ0v) is 14.1. The molecule has 2 aliphatic heterocycles. The van der Waals surface area contributed by atoms with E-state index in [0.717, 1.165) is 10.1 Å². The van der Waals surface area contributed by atoms with Crippen molar-refractivity contribution in [1.29, 1.82) is 0 Å². The van der Waals surface area contributed by atoms with Gasteiger partial charge in [0, 0.05) is 23.4 Å². The summed E-state index contributed by atoms with van der Waals surface area (Å²) in [7, 11) is -3.18. The molecule has 3 heterocycles. The molecule has 0 spiro atoms. The van der Waals surface area contributed by atoms with Crippen LogP contribution < -0.4 is 0 Å². The molecule has 0 radical (unpaired) electrons. The van der Waals surface area contributed by atoms with Crippen LogP contribution in [0.1, 0.15) is 16.8 Å². The van der Waals surface area contributed by atoms with E-state index < -0.39 is 15.1 Å². The first-order valence-corrected chi connectivity index (χ1v) is 10.2. The molecular formula is C16H17NO4S2. The molecule has 2 aromatic rings. The second-order valence-corrected chi connectivity index (χ2v) is 9.30. The number of carbonyl (C=O) groups excluding carboxylic acids is 1. The first-order chi connectivity index (χ1) is 11.1. The highest BCUT2D eigenvalue weighted by Crippen LogP contribution is 2.29. The molecule has 7 heteroatoms. The Morgan fingerprint density at radius 1 is 1.30 bits per heavy atom. The Hall–Kier alpha value is -1.44. The van der Waals surface area contributed by atoms with Gasteiger partial charge in [-0.1, -0.05) is 0 Å².